The summed E-state index contributed by atoms with van der Waals surface area (Å²) in [7, 11) is 0. The number of halogens is 2. The van der Waals surface area contributed by atoms with Gasteiger partial charge >= 0.3 is 5.97 Å². The number of nitrogens with one attached hydrogen (secondary N) is 1. The summed E-state index contributed by atoms with van der Waals surface area (Å²) in [5.41, 5.74) is 0.210. The van der Waals surface area contributed by atoms with E-state index in [4.69, 9.17) is 4.74 Å². The number of carbonyl (C=O) groups is 1. The summed E-state index contributed by atoms with van der Waals surface area (Å²) in [4.78, 5) is 11.5. The van der Waals surface area contributed by atoms with Gasteiger partial charge in [0.1, 0.15) is 17.7 Å². The van der Waals surface area contributed by atoms with Crippen molar-refractivity contribution in [2.45, 2.75) is 26.8 Å². The summed E-state index contributed by atoms with van der Waals surface area (Å²) in [6, 6.07) is 2.35. The molecule has 0 aromatic heterocycles. The fraction of sp³-hybridized carbons (Fsp3) is 0.462. The lowest BCUT2D eigenvalue weighted by molar-refractivity contribution is -0.145. The number of hydrogen-bond donors (Lipinski definition) is 1. The van der Waals surface area contributed by atoms with Gasteiger partial charge in [-0.2, -0.15) is 0 Å². The van der Waals surface area contributed by atoms with Crippen LogP contribution in [0.15, 0.2) is 18.2 Å². The van der Waals surface area contributed by atoms with Crippen molar-refractivity contribution in [1.29, 1.82) is 0 Å². The molecule has 18 heavy (non-hydrogen) atoms. The molecule has 0 saturated heterocycles. The van der Waals surface area contributed by atoms with E-state index in [1.165, 1.54) is 0 Å². The summed E-state index contributed by atoms with van der Waals surface area (Å²) in [6.07, 6.45) is 0. The Morgan fingerprint density at radius 3 is 2.28 bits per heavy atom. The fourth-order valence-corrected chi connectivity index (χ4v) is 1.32. The molecule has 0 aliphatic heterocycles. The first kappa shape index (κ1) is 14.4. The standard InChI is InChI=1S/C13H17F2NO2/c1-8(2)7-18-13(17)9(3)16-12-5-10(14)4-11(15)6-12/h4-6,8-9,16H,7H2,1-3H3/t9-/m0/s1. The SMILES string of the molecule is CC(C)COC(=O)[C@H](C)Nc1cc(F)cc(F)c1. The summed E-state index contributed by atoms with van der Waals surface area (Å²) in [5, 5.41) is 2.69. The van der Waals surface area contributed by atoms with Crippen molar-refractivity contribution in [2.24, 2.45) is 5.92 Å². The van der Waals surface area contributed by atoms with Gasteiger partial charge in [0, 0.05) is 11.8 Å². The normalized spacial score (nSPS) is 12.3. The van der Waals surface area contributed by atoms with Crippen LogP contribution in [0.25, 0.3) is 0 Å². The molecule has 1 aromatic rings. The summed E-state index contributed by atoms with van der Waals surface area (Å²) >= 11 is 0. The zero-order valence-corrected chi connectivity index (χ0v) is 10.7. The number of rotatable bonds is 5. The van der Waals surface area contributed by atoms with Gasteiger partial charge in [0.2, 0.25) is 0 Å². The number of carbonyl (C=O) groups excluding carboxylic acids is 1. The Bertz CT molecular complexity index is 401. The number of anilines is 1. The van der Waals surface area contributed by atoms with Gasteiger partial charge in [-0.15, -0.1) is 0 Å². The Morgan fingerprint density at radius 2 is 1.78 bits per heavy atom. The molecule has 0 fully saturated rings. The highest BCUT2D eigenvalue weighted by atomic mass is 19.1. The van der Waals surface area contributed by atoms with Crippen LogP contribution in [0.5, 0.6) is 0 Å². The smallest absolute Gasteiger partial charge is 0.328 e. The molecule has 0 amide bonds. The molecule has 0 radical (unpaired) electrons. The van der Waals surface area contributed by atoms with Gasteiger partial charge < -0.3 is 10.1 Å². The van der Waals surface area contributed by atoms with Gasteiger partial charge in [0.05, 0.1) is 6.61 Å². The van der Waals surface area contributed by atoms with Crippen LogP contribution in [0.1, 0.15) is 20.8 Å². The number of esters is 1. The Morgan fingerprint density at radius 1 is 1.22 bits per heavy atom. The van der Waals surface area contributed by atoms with E-state index in [1.807, 2.05) is 13.8 Å². The average Bonchev–Trinajstić information content (AvgIpc) is 2.24. The topological polar surface area (TPSA) is 38.3 Å². The van der Waals surface area contributed by atoms with Crippen LogP contribution < -0.4 is 5.32 Å². The maximum Gasteiger partial charge on any atom is 0.328 e. The Hall–Kier alpha value is -1.65. The second kappa shape index (κ2) is 6.33. The molecule has 0 saturated carbocycles. The van der Waals surface area contributed by atoms with Crippen molar-refractivity contribution < 1.29 is 18.3 Å². The molecule has 1 rings (SSSR count). The lowest BCUT2D eigenvalue weighted by Crippen LogP contribution is -2.29. The minimum Gasteiger partial charge on any atom is -0.464 e. The highest BCUT2D eigenvalue weighted by molar-refractivity contribution is 5.78. The number of hydrogen-bond acceptors (Lipinski definition) is 3. The lowest BCUT2D eigenvalue weighted by atomic mass is 10.2. The van der Waals surface area contributed by atoms with Crippen LogP contribution in [-0.2, 0) is 9.53 Å². The van der Waals surface area contributed by atoms with Gasteiger partial charge in [0.25, 0.3) is 0 Å². The van der Waals surface area contributed by atoms with Crippen molar-refractivity contribution >= 4 is 11.7 Å². The van der Waals surface area contributed by atoms with Crippen molar-refractivity contribution in [3.05, 3.63) is 29.8 Å². The first-order valence-corrected chi connectivity index (χ1v) is 5.77. The molecule has 0 spiro atoms. The Labute approximate surface area is 105 Å². The molecule has 0 bridgehead atoms. The van der Waals surface area contributed by atoms with Crippen LogP contribution in [0.3, 0.4) is 0 Å². The van der Waals surface area contributed by atoms with Crippen LogP contribution >= 0.6 is 0 Å². The highest BCUT2D eigenvalue weighted by Crippen LogP contribution is 2.14. The third kappa shape index (κ3) is 4.69. The third-order valence-corrected chi connectivity index (χ3v) is 2.16. The second-order valence-electron chi connectivity index (χ2n) is 4.55. The molecule has 0 aliphatic carbocycles. The fourth-order valence-electron chi connectivity index (χ4n) is 1.32. The monoisotopic (exact) mass is 257 g/mol. The second-order valence-corrected chi connectivity index (χ2v) is 4.55. The average molecular weight is 257 g/mol. The largest absolute Gasteiger partial charge is 0.464 e. The first-order valence-electron chi connectivity index (χ1n) is 5.77. The predicted molar refractivity (Wildman–Crippen MR) is 65.2 cm³/mol. The molecule has 1 N–H and O–H groups in total. The van der Waals surface area contributed by atoms with E-state index in [-0.39, 0.29) is 11.6 Å². The molecule has 1 atom stereocenters. The Kier molecular flexibility index (Phi) is 5.07. The van der Waals surface area contributed by atoms with Crippen LogP contribution in [0.2, 0.25) is 0 Å². The van der Waals surface area contributed by atoms with E-state index in [0.717, 1.165) is 18.2 Å². The predicted octanol–water partition coefficient (Wildman–Crippen LogP) is 2.96. The van der Waals surface area contributed by atoms with Gasteiger partial charge in [-0.3, -0.25) is 0 Å². The van der Waals surface area contributed by atoms with E-state index in [9.17, 15) is 13.6 Å². The van der Waals surface area contributed by atoms with Crippen molar-refractivity contribution in [2.75, 3.05) is 11.9 Å². The summed E-state index contributed by atoms with van der Waals surface area (Å²) in [6.45, 7) is 5.74. The zero-order valence-electron chi connectivity index (χ0n) is 10.7. The molecule has 1 aromatic carbocycles. The van der Waals surface area contributed by atoms with Crippen LogP contribution in [0.4, 0.5) is 14.5 Å². The van der Waals surface area contributed by atoms with E-state index in [0.29, 0.717) is 6.61 Å². The van der Waals surface area contributed by atoms with Gasteiger partial charge in [-0.1, -0.05) is 13.8 Å². The third-order valence-electron chi connectivity index (χ3n) is 2.16. The molecule has 3 nitrogen and oxygen atoms in total. The maximum absolute atomic E-state index is 12.9. The van der Waals surface area contributed by atoms with Crippen molar-refractivity contribution in [3.8, 4) is 0 Å². The molecular formula is C13H17F2NO2. The maximum atomic E-state index is 12.9. The molecule has 0 unspecified atom stereocenters. The quantitative estimate of drug-likeness (QED) is 0.824. The van der Waals surface area contributed by atoms with E-state index >= 15 is 0 Å². The van der Waals surface area contributed by atoms with Crippen LogP contribution in [0, 0.1) is 17.6 Å². The molecule has 0 heterocycles. The van der Waals surface area contributed by atoms with Crippen molar-refractivity contribution in [1.82, 2.24) is 0 Å². The first-order chi connectivity index (χ1) is 8.38. The lowest BCUT2D eigenvalue weighted by Gasteiger charge is -2.15. The van der Waals surface area contributed by atoms with Crippen LogP contribution in [-0.4, -0.2) is 18.6 Å². The molecule has 0 aliphatic rings. The van der Waals surface area contributed by atoms with Gasteiger partial charge in [-0.25, -0.2) is 13.6 Å². The number of ether oxygens (including phenoxy) is 1. The Balaban J connectivity index is 2.58. The summed E-state index contributed by atoms with van der Waals surface area (Å²) in [5.74, 6) is -1.60. The van der Waals surface area contributed by atoms with Gasteiger partial charge in [0.15, 0.2) is 0 Å². The van der Waals surface area contributed by atoms with Crippen molar-refractivity contribution in [3.63, 3.8) is 0 Å². The summed E-state index contributed by atoms with van der Waals surface area (Å²) < 4.78 is 30.9. The van der Waals surface area contributed by atoms with E-state index in [2.05, 4.69) is 5.32 Å². The van der Waals surface area contributed by atoms with Gasteiger partial charge in [-0.05, 0) is 25.0 Å². The van der Waals surface area contributed by atoms with E-state index in [1.54, 1.807) is 6.92 Å². The number of benzene rings is 1. The minimum absolute atomic E-state index is 0.210. The molecule has 100 valence electrons. The highest BCUT2D eigenvalue weighted by Gasteiger charge is 2.15. The zero-order chi connectivity index (χ0) is 13.7. The molecular weight excluding hydrogens is 240 g/mol. The molecule has 5 heteroatoms. The van der Waals surface area contributed by atoms with E-state index < -0.39 is 23.6 Å². The minimum atomic E-state index is -0.694.